The molecule has 0 atom stereocenters. The predicted octanol–water partition coefficient (Wildman–Crippen LogP) is 3.81. The molecule has 148 valence electrons. The number of amides is 2. The molecule has 1 aliphatic rings. The van der Waals surface area contributed by atoms with Crippen LogP contribution in [0, 0.1) is 5.92 Å². The van der Waals surface area contributed by atoms with Crippen molar-refractivity contribution >= 4 is 44.5 Å². The maximum absolute atomic E-state index is 12.8. The number of likely N-dealkylation sites (tertiary alicyclic amines) is 1. The number of para-hydroxylation sites is 1. The predicted molar refractivity (Wildman–Crippen MR) is 115 cm³/mol. The number of nitrogens with one attached hydrogen (secondary N) is 1. The molecular weight excluding hydrogens is 432 g/mol. The number of anilines is 1. The molecular formula is C22H21BrN4O2. The average molecular weight is 453 g/mol. The highest BCUT2D eigenvalue weighted by atomic mass is 79.9. The van der Waals surface area contributed by atoms with Crippen molar-refractivity contribution in [2.24, 2.45) is 5.92 Å². The van der Waals surface area contributed by atoms with Crippen LogP contribution in [0.2, 0.25) is 0 Å². The quantitative estimate of drug-likeness (QED) is 0.652. The molecule has 0 bridgehead atoms. The van der Waals surface area contributed by atoms with Crippen molar-refractivity contribution < 1.29 is 9.59 Å². The Morgan fingerprint density at radius 1 is 1.07 bits per heavy atom. The van der Waals surface area contributed by atoms with Crippen LogP contribution in [-0.2, 0) is 16.0 Å². The summed E-state index contributed by atoms with van der Waals surface area (Å²) < 4.78 is 0.865. The Bertz CT molecular complexity index is 1030. The minimum atomic E-state index is -0.108. The lowest BCUT2D eigenvalue weighted by Crippen LogP contribution is -2.42. The summed E-state index contributed by atoms with van der Waals surface area (Å²) >= 11 is 3.33. The Morgan fingerprint density at radius 2 is 1.86 bits per heavy atom. The molecule has 1 saturated heterocycles. The fraction of sp³-hybridized carbons (Fsp3) is 0.273. The van der Waals surface area contributed by atoms with Crippen LogP contribution in [-0.4, -0.2) is 39.8 Å². The number of nitrogens with zero attached hydrogens (tertiary/aromatic N) is 3. The van der Waals surface area contributed by atoms with Crippen LogP contribution in [0.15, 0.2) is 59.3 Å². The van der Waals surface area contributed by atoms with Gasteiger partial charge < -0.3 is 10.2 Å². The van der Waals surface area contributed by atoms with Crippen LogP contribution in [0.25, 0.3) is 10.9 Å². The lowest BCUT2D eigenvalue weighted by Gasteiger charge is -2.31. The molecule has 1 N–H and O–H groups in total. The topological polar surface area (TPSA) is 75.2 Å². The number of piperidine rings is 1. The number of carbonyl (C=O) groups excluding carboxylic acids is 2. The summed E-state index contributed by atoms with van der Waals surface area (Å²) in [5, 5.41) is 3.90. The van der Waals surface area contributed by atoms with Gasteiger partial charge in [-0.1, -0.05) is 24.3 Å². The van der Waals surface area contributed by atoms with E-state index in [0.717, 1.165) is 20.9 Å². The molecule has 3 heterocycles. The molecule has 1 aromatic carbocycles. The van der Waals surface area contributed by atoms with E-state index in [1.807, 2.05) is 41.3 Å². The number of carbonyl (C=O) groups is 2. The Balaban J connectivity index is 1.33. The third-order valence-corrected chi connectivity index (χ3v) is 5.72. The average Bonchev–Trinajstić information content (AvgIpc) is 2.75. The van der Waals surface area contributed by atoms with Crippen LogP contribution in [0.1, 0.15) is 18.4 Å². The van der Waals surface area contributed by atoms with Gasteiger partial charge in [-0.3, -0.25) is 14.6 Å². The summed E-state index contributed by atoms with van der Waals surface area (Å²) in [5.74, 6) is 0.477. The molecule has 0 saturated carbocycles. The van der Waals surface area contributed by atoms with E-state index in [2.05, 4.69) is 31.2 Å². The second-order valence-corrected chi connectivity index (χ2v) is 8.09. The van der Waals surface area contributed by atoms with Crippen molar-refractivity contribution in [3.63, 3.8) is 0 Å². The van der Waals surface area contributed by atoms with Gasteiger partial charge in [-0.25, -0.2) is 4.98 Å². The molecule has 3 aromatic rings. The second-order valence-electron chi connectivity index (χ2n) is 7.18. The molecule has 6 nitrogen and oxygen atoms in total. The molecule has 29 heavy (non-hydrogen) atoms. The van der Waals surface area contributed by atoms with Crippen molar-refractivity contribution in [2.45, 2.75) is 19.3 Å². The van der Waals surface area contributed by atoms with Crippen molar-refractivity contribution in [3.05, 3.63) is 64.9 Å². The number of fused-ring (bicyclic) bond motifs is 1. The van der Waals surface area contributed by atoms with Crippen molar-refractivity contribution in [2.75, 3.05) is 18.4 Å². The van der Waals surface area contributed by atoms with E-state index in [0.29, 0.717) is 38.2 Å². The molecule has 0 radical (unpaired) electrons. The van der Waals surface area contributed by atoms with E-state index in [9.17, 15) is 9.59 Å². The number of hydrogen-bond acceptors (Lipinski definition) is 4. The summed E-state index contributed by atoms with van der Waals surface area (Å²) in [7, 11) is 0. The van der Waals surface area contributed by atoms with Gasteiger partial charge in [0, 0.05) is 41.3 Å². The molecule has 1 fully saturated rings. The highest BCUT2D eigenvalue weighted by Crippen LogP contribution is 2.22. The summed E-state index contributed by atoms with van der Waals surface area (Å²) in [5.41, 5.74) is 1.81. The Labute approximate surface area is 177 Å². The van der Waals surface area contributed by atoms with E-state index in [1.165, 1.54) is 0 Å². The number of aromatic nitrogens is 2. The zero-order valence-electron chi connectivity index (χ0n) is 15.8. The molecule has 0 spiro atoms. The van der Waals surface area contributed by atoms with Crippen LogP contribution < -0.4 is 5.32 Å². The van der Waals surface area contributed by atoms with E-state index >= 15 is 0 Å². The first-order valence-corrected chi connectivity index (χ1v) is 10.4. The Hall–Kier alpha value is -2.80. The first kappa shape index (κ1) is 19.5. The standard InChI is InChI=1S/C22H21BrN4O2/c23-18-6-7-19(25-14-18)26-22(29)16-8-11-27(12-9-16)20(28)13-17-4-1-3-15-5-2-10-24-21(15)17/h1-7,10,14,16H,8-9,11-13H2,(H,25,26,29). The van der Waals surface area contributed by atoms with Gasteiger partial charge in [0.1, 0.15) is 5.82 Å². The van der Waals surface area contributed by atoms with E-state index in [-0.39, 0.29) is 17.7 Å². The maximum Gasteiger partial charge on any atom is 0.228 e. The molecule has 2 aromatic heterocycles. The SMILES string of the molecule is O=C(Nc1ccc(Br)cn1)C1CCN(C(=O)Cc2cccc3cccnc23)CC1. The zero-order chi connectivity index (χ0) is 20.2. The van der Waals surface area contributed by atoms with Gasteiger partial charge in [0.15, 0.2) is 0 Å². The molecule has 0 unspecified atom stereocenters. The van der Waals surface area contributed by atoms with E-state index in [4.69, 9.17) is 0 Å². The second kappa shape index (κ2) is 8.69. The molecule has 4 rings (SSSR count). The van der Waals surface area contributed by atoms with Crippen molar-refractivity contribution in [3.8, 4) is 0 Å². The summed E-state index contributed by atoms with van der Waals surface area (Å²) in [6, 6.07) is 13.4. The molecule has 7 heteroatoms. The Kier molecular flexibility index (Phi) is 5.85. The van der Waals surface area contributed by atoms with Crippen LogP contribution in [0.5, 0.6) is 0 Å². The number of halogens is 1. The minimum absolute atomic E-state index is 0.0369. The van der Waals surface area contributed by atoms with Gasteiger partial charge >= 0.3 is 0 Å². The van der Waals surface area contributed by atoms with Crippen LogP contribution in [0.4, 0.5) is 5.82 Å². The van der Waals surface area contributed by atoms with Crippen LogP contribution >= 0.6 is 15.9 Å². The van der Waals surface area contributed by atoms with Gasteiger partial charge in [0.25, 0.3) is 0 Å². The van der Waals surface area contributed by atoms with Crippen molar-refractivity contribution in [1.29, 1.82) is 0 Å². The summed E-state index contributed by atoms with van der Waals surface area (Å²) in [6.45, 7) is 1.17. The number of hydrogen-bond donors (Lipinski definition) is 1. The number of pyridine rings is 2. The molecule has 0 aliphatic carbocycles. The monoisotopic (exact) mass is 452 g/mol. The molecule has 2 amide bonds. The Morgan fingerprint density at radius 3 is 2.62 bits per heavy atom. The maximum atomic E-state index is 12.8. The fourth-order valence-corrected chi connectivity index (χ4v) is 3.89. The lowest BCUT2D eigenvalue weighted by molar-refractivity contribution is -0.133. The fourth-order valence-electron chi connectivity index (χ4n) is 3.65. The van der Waals surface area contributed by atoms with Gasteiger partial charge in [-0.05, 0) is 52.5 Å². The van der Waals surface area contributed by atoms with E-state index < -0.39 is 0 Å². The normalized spacial score (nSPS) is 14.7. The van der Waals surface area contributed by atoms with Gasteiger partial charge in [0.2, 0.25) is 11.8 Å². The number of rotatable bonds is 4. The van der Waals surface area contributed by atoms with E-state index in [1.54, 1.807) is 18.5 Å². The molecule has 1 aliphatic heterocycles. The van der Waals surface area contributed by atoms with Gasteiger partial charge in [0.05, 0.1) is 11.9 Å². The van der Waals surface area contributed by atoms with Gasteiger partial charge in [-0.15, -0.1) is 0 Å². The summed E-state index contributed by atoms with van der Waals surface area (Å²) in [4.78, 5) is 35.7. The first-order valence-electron chi connectivity index (χ1n) is 9.63. The zero-order valence-corrected chi connectivity index (χ0v) is 17.4. The lowest BCUT2D eigenvalue weighted by atomic mass is 9.95. The smallest absolute Gasteiger partial charge is 0.228 e. The minimum Gasteiger partial charge on any atom is -0.342 e. The highest BCUT2D eigenvalue weighted by Gasteiger charge is 2.27. The third kappa shape index (κ3) is 4.62. The highest BCUT2D eigenvalue weighted by molar-refractivity contribution is 9.10. The third-order valence-electron chi connectivity index (χ3n) is 5.26. The van der Waals surface area contributed by atoms with Crippen molar-refractivity contribution in [1.82, 2.24) is 14.9 Å². The first-order chi connectivity index (χ1) is 14.1. The number of benzene rings is 1. The summed E-state index contributed by atoms with van der Waals surface area (Å²) in [6.07, 6.45) is 5.04. The van der Waals surface area contributed by atoms with Gasteiger partial charge in [-0.2, -0.15) is 0 Å². The largest absolute Gasteiger partial charge is 0.342 e. The van der Waals surface area contributed by atoms with Crippen LogP contribution in [0.3, 0.4) is 0 Å².